The third kappa shape index (κ3) is 29.5. The number of nitrogens with one attached hydrogen (secondary N) is 1. The van der Waals surface area contributed by atoms with Gasteiger partial charge in [-0.25, -0.2) is 4.57 Å². The van der Waals surface area contributed by atoms with Gasteiger partial charge in [0.25, 0.3) is 0 Å². The van der Waals surface area contributed by atoms with E-state index < -0.39 is 26.5 Å². The Morgan fingerprint density at radius 1 is 0.738 bits per heavy atom. The number of esters is 1. The van der Waals surface area contributed by atoms with Crippen molar-refractivity contribution in [3.63, 3.8) is 0 Å². The van der Waals surface area contributed by atoms with Gasteiger partial charge in [-0.2, -0.15) is 0 Å². The van der Waals surface area contributed by atoms with Gasteiger partial charge in [0.15, 0.2) is 0 Å². The molecule has 0 saturated heterocycles. The first-order valence-electron chi connectivity index (χ1n) is 15.6. The van der Waals surface area contributed by atoms with E-state index in [1.54, 1.807) is 0 Å². The number of hydrogen-bond acceptors (Lipinski definition) is 7. The minimum Gasteiger partial charge on any atom is -0.463 e. The van der Waals surface area contributed by atoms with Crippen molar-refractivity contribution in [3.05, 3.63) is 48.6 Å². The van der Waals surface area contributed by atoms with Crippen LogP contribution in [-0.4, -0.2) is 54.3 Å². The molecule has 42 heavy (non-hydrogen) atoms. The number of amides is 1. The number of ether oxygens (including phenoxy) is 1. The third-order valence-corrected chi connectivity index (χ3v) is 7.00. The normalized spacial score (nSPS) is 14.3. The van der Waals surface area contributed by atoms with E-state index in [0.717, 1.165) is 51.4 Å². The van der Waals surface area contributed by atoms with Gasteiger partial charge in [-0.1, -0.05) is 88.1 Å². The molecular weight excluding hydrogens is 557 g/mol. The van der Waals surface area contributed by atoms with Crippen molar-refractivity contribution < 1.29 is 37.9 Å². The summed E-state index contributed by atoms with van der Waals surface area (Å²) >= 11 is 0. The molecule has 0 aromatic carbocycles. The summed E-state index contributed by atoms with van der Waals surface area (Å²) < 4.78 is 26.3. The summed E-state index contributed by atoms with van der Waals surface area (Å²) in [5.74, 6) is -0.591. The van der Waals surface area contributed by atoms with E-state index >= 15 is 0 Å². The number of carbonyl (C=O) groups is 2. The highest BCUT2D eigenvalue weighted by atomic mass is 31.2. The Hall–Kier alpha value is -2.03. The predicted molar refractivity (Wildman–Crippen MR) is 169 cm³/mol. The van der Waals surface area contributed by atoms with Crippen molar-refractivity contribution in [3.8, 4) is 0 Å². The van der Waals surface area contributed by atoms with Gasteiger partial charge in [0.2, 0.25) is 5.91 Å². The van der Waals surface area contributed by atoms with E-state index in [2.05, 4.69) is 60.8 Å². The van der Waals surface area contributed by atoms with Crippen molar-refractivity contribution in [1.82, 2.24) is 5.32 Å². The first kappa shape index (κ1) is 40.0. The molecular formula is C32H56NO8P. The Bertz CT molecular complexity index is 840. The number of aliphatic hydroxyl groups excluding tert-OH is 1. The molecule has 9 nitrogen and oxygen atoms in total. The first-order valence-corrected chi connectivity index (χ1v) is 17.1. The van der Waals surface area contributed by atoms with Crippen LogP contribution in [0.4, 0.5) is 0 Å². The topological polar surface area (TPSA) is 131 Å². The second kappa shape index (κ2) is 29.1. The average molecular weight is 614 g/mol. The lowest BCUT2D eigenvalue weighted by Crippen LogP contribution is -2.27. The summed E-state index contributed by atoms with van der Waals surface area (Å²) in [5, 5.41) is 12.4. The Kier molecular flexibility index (Phi) is 27.7. The fraction of sp³-hybridized carbons (Fsp3) is 0.688. The van der Waals surface area contributed by atoms with Crippen LogP contribution in [0.25, 0.3) is 0 Å². The monoisotopic (exact) mass is 613 g/mol. The highest BCUT2D eigenvalue weighted by Crippen LogP contribution is 2.42. The van der Waals surface area contributed by atoms with Gasteiger partial charge in [0.05, 0.1) is 13.2 Å². The summed E-state index contributed by atoms with van der Waals surface area (Å²) in [7, 11) is -4.39. The lowest BCUT2D eigenvalue weighted by molar-refractivity contribution is -0.147. The number of aliphatic hydroxyl groups is 1. The van der Waals surface area contributed by atoms with Gasteiger partial charge in [0, 0.05) is 19.4 Å². The van der Waals surface area contributed by atoms with Crippen molar-refractivity contribution in [1.29, 1.82) is 0 Å². The molecule has 1 amide bonds. The van der Waals surface area contributed by atoms with Gasteiger partial charge < -0.3 is 20.1 Å². The van der Waals surface area contributed by atoms with Crippen LogP contribution < -0.4 is 5.32 Å². The Labute approximate surface area is 254 Å². The second-order valence-electron chi connectivity index (χ2n) is 10.1. The van der Waals surface area contributed by atoms with Gasteiger partial charge in [0.1, 0.15) is 12.7 Å². The highest BCUT2D eigenvalue weighted by molar-refractivity contribution is 7.47. The van der Waals surface area contributed by atoms with E-state index in [0.29, 0.717) is 12.8 Å². The van der Waals surface area contributed by atoms with Crippen molar-refractivity contribution >= 4 is 19.7 Å². The summed E-state index contributed by atoms with van der Waals surface area (Å²) in [6.45, 7) is 3.19. The summed E-state index contributed by atoms with van der Waals surface area (Å²) in [4.78, 5) is 33.0. The minimum absolute atomic E-state index is 0.0696. The number of carbonyl (C=O) groups excluding carboxylic acids is 2. The molecule has 3 N–H and O–H groups in total. The zero-order valence-corrected chi connectivity index (χ0v) is 26.8. The standard InChI is InChI=1S/C32H56NO8P/c1-3-5-7-8-9-10-11-12-13-14-15-16-17-18-19-20-21-22-23-25-32(36)39-28-30(34)29-41-42(37,38)40-27-26-33-31(35)24-6-4-2/h9-10,12-13,15-16,18-19,30,34H,3-8,11,14,17,20-29H2,1-2H3,(H,33,35)(H,37,38)/b10-9-,13-12-,16-15-,19-18-. The molecule has 0 saturated carbocycles. The Morgan fingerprint density at radius 3 is 1.90 bits per heavy atom. The van der Waals surface area contributed by atoms with Crippen LogP contribution in [-0.2, 0) is 27.9 Å². The molecule has 2 atom stereocenters. The quantitative estimate of drug-likeness (QED) is 0.0364. The van der Waals surface area contributed by atoms with Crippen LogP contribution in [0.3, 0.4) is 0 Å². The molecule has 0 spiro atoms. The molecule has 0 fully saturated rings. The molecule has 10 heteroatoms. The van der Waals surface area contributed by atoms with E-state index in [1.807, 2.05) is 6.92 Å². The van der Waals surface area contributed by atoms with E-state index in [9.17, 15) is 24.2 Å². The Balaban J connectivity index is 3.70. The number of allylic oxidation sites excluding steroid dienone is 8. The number of phosphoric ester groups is 1. The molecule has 0 aromatic rings. The van der Waals surface area contributed by atoms with Gasteiger partial charge in [-0.05, 0) is 57.8 Å². The molecule has 242 valence electrons. The molecule has 0 heterocycles. The lowest BCUT2D eigenvalue weighted by atomic mass is 10.1. The summed E-state index contributed by atoms with van der Waals surface area (Å²) in [5.41, 5.74) is 0. The molecule has 0 aliphatic heterocycles. The zero-order valence-electron chi connectivity index (χ0n) is 25.9. The number of phosphoric acid groups is 1. The molecule has 0 aromatic heterocycles. The van der Waals surface area contributed by atoms with Crippen LogP contribution >= 0.6 is 7.82 Å². The second-order valence-corrected chi connectivity index (χ2v) is 11.5. The molecule has 0 bridgehead atoms. The number of rotatable bonds is 28. The van der Waals surface area contributed by atoms with Gasteiger partial charge >= 0.3 is 13.8 Å². The maximum absolute atomic E-state index is 11.9. The van der Waals surface area contributed by atoms with Gasteiger partial charge in [-0.3, -0.25) is 18.6 Å². The maximum Gasteiger partial charge on any atom is 0.472 e. The summed E-state index contributed by atoms with van der Waals surface area (Å²) in [6.07, 6.45) is 30.0. The van der Waals surface area contributed by atoms with Crippen LogP contribution in [0, 0.1) is 0 Å². The fourth-order valence-electron chi connectivity index (χ4n) is 3.57. The largest absolute Gasteiger partial charge is 0.472 e. The molecule has 0 aliphatic rings. The molecule has 0 rings (SSSR count). The van der Waals surface area contributed by atoms with Crippen LogP contribution in [0.15, 0.2) is 48.6 Å². The SMILES string of the molecule is CCCCC/C=C\C/C=C\C/C=C\C/C=C\CCCCCC(=O)OCC(O)COP(=O)(O)OCCNC(=O)CCCC. The minimum atomic E-state index is -4.39. The van der Waals surface area contributed by atoms with E-state index in [4.69, 9.17) is 13.8 Å². The molecule has 0 radical (unpaired) electrons. The molecule has 2 unspecified atom stereocenters. The Morgan fingerprint density at radius 2 is 1.31 bits per heavy atom. The zero-order chi connectivity index (χ0) is 31.2. The number of hydrogen-bond donors (Lipinski definition) is 3. The maximum atomic E-state index is 11.9. The van der Waals surface area contributed by atoms with Crippen LogP contribution in [0.2, 0.25) is 0 Å². The fourth-order valence-corrected chi connectivity index (χ4v) is 4.33. The van der Waals surface area contributed by atoms with Crippen LogP contribution in [0.1, 0.15) is 110 Å². The number of unbranched alkanes of at least 4 members (excludes halogenated alkanes) is 7. The smallest absolute Gasteiger partial charge is 0.463 e. The van der Waals surface area contributed by atoms with E-state index in [-0.39, 0.29) is 32.1 Å². The predicted octanol–water partition coefficient (Wildman–Crippen LogP) is 7.26. The van der Waals surface area contributed by atoms with Crippen LogP contribution in [0.5, 0.6) is 0 Å². The summed E-state index contributed by atoms with van der Waals surface area (Å²) in [6, 6.07) is 0. The van der Waals surface area contributed by atoms with Crippen molar-refractivity contribution in [2.24, 2.45) is 0 Å². The van der Waals surface area contributed by atoms with E-state index in [1.165, 1.54) is 25.7 Å². The molecule has 0 aliphatic carbocycles. The third-order valence-electron chi connectivity index (χ3n) is 6.01. The first-order chi connectivity index (χ1) is 20.3. The average Bonchev–Trinajstić information content (AvgIpc) is 2.97. The van der Waals surface area contributed by atoms with Crippen molar-refractivity contribution in [2.75, 3.05) is 26.4 Å². The van der Waals surface area contributed by atoms with Crippen molar-refractivity contribution in [2.45, 2.75) is 116 Å². The van der Waals surface area contributed by atoms with Gasteiger partial charge in [-0.15, -0.1) is 0 Å². The highest BCUT2D eigenvalue weighted by Gasteiger charge is 2.23. The lowest BCUT2D eigenvalue weighted by Gasteiger charge is -2.15.